The molecule has 1 saturated carbocycles. The lowest BCUT2D eigenvalue weighted by molar-refractivity contribution is 0.0782. The Morgan fingerprint density at radius 3 is 2.74 bits per heavy atom. The highest BCUT2D eigenvalue weighted by Gasteiger charge is 2.23. The van der Waals surface area contributed by atoms with Crippen molar-refractivity contribution in [2.24, 2.45) is 0 Å². The normalized spacial score (nSPS) is 13.7. The summed E-state index contributed by atoms with van der Waals surface area (Å²) in [6.45, 7) is 1.67. The fraction of sp³-hybridized carbons (Fsp3) is 0.350. The number of rotatable bonds is 5. The molecule has 0 bridgehead atoms. The van der Waals surface area contributed by atoms with Gasteiger partial charge in [-0.2, -0.15) is 0 Å². The topological polar surface area (TPSA) is 82.3 Å². The minimum atomic E-state index is -0.586. The number of H-pyrrole nitrogens is 1. The van der Waals surface area contributed by atoms with E-state index < -0.39 is 11.5 Å². The second-order valence-electron chi connectivity index (χ2n) is 6.94. The van der Waals surface area contributed by atoms with Gasteiger partial charge in [-0.25, -0.2) is 4.39 Å². The molecule has 1 aliphatic rings. The van der Waals surface area contributed by atoms with Gasteiger partial charge in [0, 0.05) is 31.4 Å². The highest BCUT2D eigenvalue weighted by Crippen LogP contribution is 2.19. The van der Waals surface area contributed by atoms with Crippen molar-refractivity contribution >= 4 is 11.8 Å². The van der Waals surface area contributed by atoms with E-state index in [1.54, 1.807) is 25.1 Å². The van der Waals surface area contributed by atoms with Crippen LogP contribution in [0.15, 0.2) is 35.3 Å². The molecule has 1 aliphatic carbocycles. The lowest BCUT2D eigenvalue weighted by Gasteiger charge is -2.26. The van der Waals surface area contributed by atoms with Gasteiger partial charge in [-0.05, 0) is 37.8 Å². The number of nitrogens with one attached hydrogen (secondary N) is 2. The lowest BCUT2D eigenvalue weighted by atomic mass is 9.93. The van der Waals surface area contributed by atoms with E-state index in [0.29, 0.717) is 11.1 Å². The third kappa shape index (κ3) is 4.07. The van der Waals surface area contributed by atoms with Gasteiger partial charge in [0.15, 0.2) is 0 Å². The number of hydrogen-bond donors (Lipinski definition) is 2. The van der Waals surface area contributed by atoms with Crippen molar-refractivity contribution in [3.8, 4) is 0 Å². The van der Waals surface area contributed by atoms with Crippen LogP contribution in [0, 0.1) is 12.7 Å². The molecule has 0 unspecified atom stereocenters. The average Bonchev–Trinajstić information content (AvgIpc) is 2.61. The van der Waals surface area contributed by atoms with Gasteiger partial charge in [0.1, 0.15) is 11.4 Å². The first-order valence-corrected chi connectivity index (χ1v) is 8.90. The number of aromatic amines is 1. The molecule has 2 amide bonds. The Labute approximate surface area is 156 Å². The van der Waals surface area contributed by atoms with Gasteiger partial charge in [0.2, 0.25) is 0 Å². The fourth-order valence-electron chi connectivity index (χ4n) is 2.96. The molecule has 2 N–H and O–H groups in total. The number of nitrogens with zero attached hydrogens (tertiary/aromatic N) is 1. The Kier molecular flexibility index (Phi) is 5.39. The van der Waals surface area contributed by atoms with Crippen LogP contribution in [0.25, 0.3) is 0 Å². The monoisotopic (exact) mass is 371 g/mol. The van der Waals surface area contributed by atoms with Crippen molar-refractivity contribution in [1.29, 1.82) is 0 Å². The van der Waals surface area contributed by atoms with E-state index in [-0.39, 0.29) is 35.4 Å². The molecule has 0 spiro atoms. The van der Waals surface area contributed by atoms with Crippen LogP contribution in [0.2, 0.25) is 0 Å². The minimum Gasteiger partial charge on any atom is -0.349 e. The van der Waals surface area contributed by atoms with Gasteiger partial charge in [-0.1, -0.05) is 18.2 Å². The van der Waals surface area contributed by atoms with E-state index in [4.69, 9.17) is 0 Å². The summed E-state index contributed by atoms with van der Waals surface area (Å²) in [6, 6.07) is 6.40. The van der Waals surface area contributed by atoms with Crippen molar-refractivity contribution in [3.05, 3.63) is 68.9 Å². The van der Waals surface area contributed by atoms with Crippen LogP contribution in [0.1, 0.15) is 51.1 Å². The number of aryl methyl sites for hydroxylation is 1. The number of hydrogen-bond acceptors (Lipinski definition) is 3. The quantitative estimate of drug-likeness (QED) is 0.847. The fourth-order valence-corrected chi connectivity index (χ4v) is 2.96. The maximum Gasteiger partial charge on any atom is 0.260 e. The van der Waals surface area contributed by atoms with E-state index in [1.807, 2.05) is 0 Å². The van der Waals surface area contributed by atoms with Crippen molar-refractivity contribution in [2.45, 2.75) is 38.8 Å². The first-order valence-electron chi connectivity index (χ1n) is 8.90. The zero-order valence-electron chi connectivity index (χ0n) is 15.3. The maximum atomic E-state index is 14.2. The standard InChI is InChI=1S/C20H22FN3O3/c1-12-5-3-6-13(17(12)21)11-24(2)20(27)16-9-14(10-22-19(16)26)18(25)23-15-7-4-8-15/h3,5-6,9-10,15H,4,7-8,11H2,1-2H3,(H,22,26)(H,23,25). The van der Waals surface area contributed by atoms with Gasteiger partial charge < -0.3 is 15.2 Å². The number of benzene rings is 1. The van der Waals surface area contributed by atoms with Crippen LogP contribution >= 0.6 is 0 Å². The summed E-state index contributed by atoms with van der Waals surface area (Å²) in [5.41, 5.74) is 0.339. The number of carbonyl (C=O) groups excluding carboxylic acids is 2. The molecule has 0 saturated heterocycles. The van der Waals surface area contributed by atoms with Crippen LogP contribution in [0.3, 0.4) is 0 Å². The lowest BCUT2D eigenvalue weighted by Crippen LogP contribution is -2.40. The molecular formula is C20H22FN3O3. The van der Waals surface area contributed by atoms with Crippen molar-refractivity contribution in [2.75, 3.05) is 7.05 Å². The van der Waals surface area contributed by atoms with E-state index >= 15 is 0 Å². The van der Waals surface area contributed by atoms with E-state index in [9.17, 15) is 18.8 Å². The Balaban J connectivity index is 1.78. The largest absolute Gasteiger partial charge is 0.349 e. The van der Waals surface area contributed by atoms with E-state index in [0.717, 1.165) is 19.3 Å². The average molecular weight is 371 g/mol. The Hall–Kier alpha value is -2.96. The Morgan fingerprint density at radius 1 is 1.33 bits per heavy atom. The molecule has 2 aromatic rings. The second-order valence-corrected chi connectivity index (χ2v) is 6.94. The van der Waals surface area contributed by atoms with E-state index in [1.165, 1.54) is 24.2 Å². The number of halogens is 1. The summed E-state index contributed by atoms with van der Waals surface area (Å²) in [5.74, 6) is -1.27. The Bertz CT molecular complexity index is 934. The summed E-state index contributed by atoms with van der Waals surface area (Å²) < 4.78 is 14.2. The molecule has 7 heteroatoms. The van der Waals surface area contributed by atoms with Gasteiger partial charge in [-0.15, -0.1) is 0 Å². The molecule has 3 rings (SSSR count). The van der Waals surface area contributed by atoms with Crippen LogP contribution in [0.5, 0.6) is 0 Å². The summed E-state index contributed by atoms with van der Waals surface area (Å²) >= 11 is 0. The zero-order chi connectivity index (χ0) is 19.6. The van der Waals surface area contributed by atoms with Crippen molar-refractivity contribution in [1.82, 2.24) is 15.2 Å². The molecule has 0 aliphatic heterocycles. The molecule has 1 fully saturated rings. The molecular weight excluding hydrogens is 349 g/mol. The van der Waals surface area contributed by atoms with Crippen LogP contribution in [-0.4, -0.2) is 34.8 Å². The molecule has 1 aromatic heterocycles. The minimum absolute atomic E-state index is 0.0181. The predicted molar refractivity (Wildman–Crippen MR) is 99.1 cm³/mol. The predicted octanol–water partition coefficient (Wildman–Crippen LogP) is 2.38. The summed E-state index contributed by atoms with van der Waals surface area (Å²) in [4.78, 5) is 40.7. The number of aromatic nitrogens is 1. The number of carbonyl (C=O) groups is 2. The van der Waals surface area contributed by atoms with Crippen LogP contribution in [0.4, 0.5) is 4.39 Å². The Morgan fingerprint density at radius 2 is 2.07 bits per heavy atom. The first-order chi connectivity index (χ1) is 12.9. The molecule has 6 nitrogen and oxygen atoms in total. The van der Waals surface area contributed by atoms with Gasteiger partial charge in [-0.3, -0.25) is 14.4 Å². The maximum absolute atomic E-state index is 14.2. The molecule has 0 atom stereocenters. The molecule has 142 valence electrons. The van der Waals surface area contributed by atoms with Crippen LogP contribution in [-0.2, 0) is 6.54 Å². The highest BCUT2D eigenvalue weighted by molar-refractivity contribution is 5.99. The molecule has 0 radical (unpaired) electrons. The SMILES string of the molecule is Cc1cccc(CN(C)C(=O)c2cc(C(=O)NC3CCC3)c[nH]c2=O)c1F. The summed E-state index contributed by atoms with van der Waals surface area (Å²) in [6.07, 6.45) is 4.26. The van der Waals surface area contributed by atoms with Crippen molar-refractivity contribution in [3.63, 3.8) is 0 Å². The first kappa shape index (κ1) is 18.8. The molecule has 27 heavy (non-hydrogen) atoms. The second kappa shape index (κ2) is 7.73. The highest BCUT2D eigenvalue weighted by atomic mass is 19.1. The molecule has 1 aromatic carbocycles. The number of amides is 2. The summed E-state index contributed by atoms with van der Waals surface area (Å²) in [7, 11) is 1.49. The number of pyridine rings is 1. The third-order valence-corrected chi connectivity index (χ3v) is 4.86. The smallest absolute Gasteiger partial charge is 0.260 e. The van der Waals surface area contributed by atoms with Crippen LogP contribution < -0.4 is 10.9 Å². The van der Waals surface area contributed by atoms with Gasteiger partial charge in [0.05, 0.1) is 5.56 Å². The van der Waals surface area contributed by atoms with E-state index in [2.05, 4.69) is 10.3 Å². The van der Waals surface area contributed by atoms with Crippen molar-refractivity contribution < 1.29 is 14.0 Å². The van der Waals surface area contributed by atoms with Gasteiger partial charge >= 0.3 is 0 Å². The zero-order valence-corrected chi connectivity index (χ0v) is 15.3. The summed E-state index contributed by atoms with van der Waals surface area (Å²) in [5, 5.41) is 2.87. The molecule has 1 heterocycles. The third-order valence-electron chi connectivity index (χ3n) is 4.86. The van der Waals surface area contributed by atoms with Gasteiger partial charge in [0.25, 0.3) is 17.4 Å².